The molecule has 0 bridgehead atoms. The normalized spacial score (nSPS) is 17.9. The standard InChI is InChI=1S/C44H50N4O17S5/c1-27-32(26-45)41(49)48(19-21-66-64-62-51)42(50)39(27)40-28(10-16-37-44(4,5)34-25-31(70(59,60)61)13-15-36(34)46(37)18-6-7-22-68(53,54)55)8-9-29(40)11-17-38-43(2,3)33-24-30(67-65-63-52)12-14-35(33)47(38)20-23-69(56,57)58/h10-17,24-25H,6-9,18-23H2,1-5H3,(H5,51,52,53,54,55,56,57,58,59,60,61)/p+1/b28-10?,37-16+. The van der Waals surface area contributed by atoms with E-state index in [1.54, 1.807) is 53.1 Å². The molecule has 3 aliphatic rings. The van der Waals surface area contributed by atoms with E-state index in [0.29, 0.717) is 74.8 Å². The maximum atomic E-state index is 13.7. The Morgan fingerprint density at radius 3 is 2.20 bits per heavy atom. The summed E-state index contributed by atoms with van der Waals surface area (Å²) in [7, 11) is -13.3. The fourth-order valence-electron chi connectivity index (χ4n) is 9.20. The minimum absolute atomic E-state index is 0.0241. The zero-order valence-electron chi connectivity index (χ0n) is 38.3. The van der Waals surface area contributed by atoms with Crippen molar-refractivity contribution >= 4 is 77.1 Å². The predicted octanol–water partition coefficient (Wildman–Crippen LogP) is 6.82. The van der Waals surface area contributed by atoms with Crippen LogP contribution in [0.2, 0.25) is 0 Å². The first-order valence-electron chi connectivity index (χ1n) is 21.3. The lowest BCUT2D eigenvalue weighted by Crippen LogP contribution is -2.29. The van der Waals surface area contributed by atoms with Crippen LogP contribution in [-0.2, 0) is 66.5 Å². The Morgan fingerprint density at radius 2 is 1.56 bits per heavy atom. The second-order valence-corrected chi connectivity index (χ2v) is 23.6. The van der Waals surface area contributed by atoms with Gasteiger partial charge in [-0.25, -0.2) is 10.5 Å². The van der Waals surface area contributed by atoms with Gasteiger partial charge < -0.3 is 10.0 Å². The molecule has 0 fully saturated rings. The van der Waals surface area contributed by atoms with Crippen LogP contribution in [0.4, 0.5) is 11.4 Å². The van der Waals surface area contributed by atoms with Gasteiger partial charge >= 0.3 is 0 Å². The number of hydrogen-bond acceptors (Lipinski definition) is 18. The van der Waals surface area contributed by atoms with Gasteiger partial charge in [-0.05, 0) is 111 Å². The summed E-state index contributed by atoms with van der Waals surface area (Å²) in [6.45, 7) is 8.91. The highest BCUT2D eigenvalue weighted by atomic mass is 32.2. The van der Waals surface area contributed by atoms with Crippen LogP contribution in [0.3, 0.4) is 0 Å². The van der Waals surface area contributed by atoms with Crippen LogP contribution >= 0.6 is 24.1 Å². The molecule has 6 N–H and O–H groups in total. The summed E-state index contributed by atoms with van der Waals surface area (Å²) in [5, 5.41) is 47.4. The highest BCUT2D eigenvalue weighted by Crippen LogP contribution is 2.50. The molecule has 70 heavy (non-hydrogen) atoms. The summed E-state index contributed by atoms with van der Waals surface area (Å²) in [5.41, 5.74) is 2.89. The van der Waals surface area contributed by atoms with E-state index < -0.39 is 64.1 Å². The molecular formula is C44H51N4O17S5+. The minimum Gasteiger partial charge on any atom is -0.494 e. The summed E-state index contributed by atoms with van der Waals surface area (Å²) in [4.78, 5) is 15.8. The Kier molecular flexibility index (Phi) is 16.8. The number of hydrogen-bond donors (Lipinski definition) is 6. The smallest absolute Gasteiger partial charge is 0.294 e. The predicted molar refractivity (Wildman–Crippen MR) is 259 cm³/mol. The summed E-state index contributed by atoms with van der Waals surface area (Å²) < 4.78 is 113. The molecule has 378 valence electrons. The topological polar surface area (TPSA) is 313 Å². The molecule has 2 aliphatic heterocycles. The molecule has 26 heteroatoms. The van der Waals surface area contributed by atoms with E-state index in [-0.39, 0.29) is 59.8 Å². The van der Waals surface area contributed by atoms with E-state index in [1.165, 1.54) is 19.1 Å². The van der Waals surface area contributed by atoms with Gasteiger partial charge in [0.1, 0.15) is 17.4 Å². The fraction of sp³-hybridized carbons (Fsp3) is 0.386. The first-order valence-corrected chi connectivity index (χ1v) is 27.6. The Morgan fingerprint density at radius 1 is 0.857 bits per heavy atom. The lowest BCUT2D eigenvalue weighted by atomic mass is 9.81. The zero-order chi connectivity index (χ0) is 51.6. The van der Waals surface area contributed by atoms with Gasteiger partial charge in [0.15, 0.2) is 12.3 Å². The number of unbranched alkanes of at least 4 members (excludes halogenated alkanes) is 1. The van der Waals surface area contributed by atoms with E-state index in [0.717, 1.165) is 22.2 Å². The monoisotopic (exact) mass is 1070 g/mol. The summed E-state index contributed by atoms with van der Waals surface area (Å²) in [6.07, 6.45) is 8.24. The molecule has 6 rings (SSSR count). The molecule has 0 spiro atoms. The summed E-state index contributed by atoms with van der Waals surface area (Å²) in [6, 6.07) is 11.3. The van der Waals surface area contributed by atoms with E-state index >= 15 is 0 Å². The molecule has 0 radical (unpaired) electrons. The summed E-state index contributed by atoms with van der Waals surface area (Å²) >= 11 is 1.36. The molecule has 3 heterocycles. The van der Waals surface area contributed by atoms with Crippen molar-refractivity contribution in [3.05, 3.63) is 116 Å². The number of fused-ring (bicyclic) bond motifs is 2. The first kappa shape index (κ1) is 54.6. The average Bonchev–Trinajstić information content (AvgIpc) is 3.84. The van der Waals surface area contributed by atoms with Crippen molar-refractivity contribution < 1.29 is 77.9 Å². The van der Waals surface area contributed by atoms with Crippen molar-refractivity contribution in [3.63, 3.8) is 0 Å². The van der Waals surface area contributed by atoms with Crippen LogP contribution in [0.5, 0.6) is 5.88 Å². The van der Waals surface area contributed by atoms with E-state index in [1.807, 2.05) is 38.7 Å². The molecule has 0 saturated carbocycles. The van der Waals surface area contributed by atoms with Crippen molar-refractivity contribution in [1.82, 2.24) is 4.57 Å². The second kappa shape index (κ2) is 21.6. The third kappa shape index (κ3) is 11.8. The average molecular weight is 1070 g/mol. The summed E-state index contributed by atoms with van der Waals surface area (Å²) in [5.74, 6) is -1.63. The van der Waals surface area contributed by atoms with Crippen LogP contribution in [0.15, 0.2) is 92.1 Å². The number of allylic oxidation sites excluding steroid dienone is 8. The van der Waals surface area contributed by atoms with Gasteiger partial charge in [-0.2, -0.15) is 35.1 Å². The van der Waals surface area contributed by atoms with Crippen LogP contribution < -0.4 is 10.5 Å². The molecule has 1 aliphatic carbocycles. The van der Waals surface area contributed by atoms with Crippen molar-refractivity contribution in [1.29, 1.82) is 5.26 Å². The number of rotatable bonds is 21. The molecule has 0 amide bonds. The number of nitriles is 1. The third-order valence-corrected chi connectivity index (χ3v) is 15.9. The largest absolute Gasteiger partial charge is 0.494 e. The number of aromatic hydroxyl groups is 1. The van der Waals surface area contributed by atoms with E-state index in [2.05, 4.69) is 18.7 Å². The second-order valence-electron chi connectivity index (χ2n) is 17.5. The van der Waals surface area contributed by atoms with Gasteiger partial charge in [0.2, 0.25) is 11.6 Å². The van der Waals surface area contributed by atoms with Gasteiger partial charge in [-0.15, -0.1) is 8.67 Å². The minimum atomic E-state index is -4.61. The number of pyridine rings is 1. The van der Waals surface area contributed by atoms with Gasteiger partial charge in [-0.1, -0.05) is 36.1 Å². The maximum Gasteiger partial charge on any atom is 0.294 e. The van der Waals surface area contributed by atoms with Crippen molar-refractivity contribution in [2.45, 2.75) is 87.5 Å². The Balaban J connectivity index is 1.58. The maximum absolute atomic E-state index is 13.7. The Bertz CT molecular complexity index is 3190. The van der Waals surface area contributed by atoms with Gasteiger partial charge in [0.05, 0.1) is 28.1 Å². The van der Waals surface area contributed by atoms with Crippen molar-refractivity contribution in [2.24, 2.45) is 0 Å². The fourth-order valence-corrected chi connectivity index (χ4v) is 11.5. The molecule has 0 atom stereocenters. The lowest BCUT2D eigenvalue weighted by Gasteiger charge is -2.27. The van der Waals surface area contributed by atoms with Crippen molar-refractivity contribution in [2.75, 3.05) is 35.2 Å². The molecule has 3 aromatic rings. The van der Waals surface area contributed by atoms with Gasteiger partial charge in [-0.3, -0.25) is 23.0 Å². The van der Waals surface area contributed by atoms with Crippen LogP contribution in [0.25, 0.3) is 5.57 Å². The number of anilines is 1. The van der Waals surface area contributed by atoms with Gasteiger partial charge in [0, 0.05) is 75.8 Å². The zero-order valence-corrected chi connectivity index (χ0v) is 42.4. The SMILES string of the molecule is Cc1c(C2=C(C=CC3=[N+](CCS(=O)(=O)O)c4ccc(SOOO)cc4C3(C)C)CCC2=C/C=C2/N(CCCCS(=O)(=O)O)c3ccc(S(=O)(=O)O)cc3C2(C)C)c(O)n(CCSOOO)c(=O)c1C#N. The third-order valence-electron chi connectivity index (χ3n) is 12.5. The van der Waals surface area contributed by atoms with Crippen LogP contribution in [0, 0.1) is 18.3 Å². The number of nitrogens with zero attached hydrogens (tertiary/aromatic N) is 4. The van der Waals surface area contributed by atoms with Gasteiger partial charge in [0.25, 0.3) is 35.9 Å². The number of aromatic nitrogens is 1. The molecule has 1 aromatic heterocycles. The quantitative estimate of drug-likeness (QED) is 0.0159. The molecule has 21 nitrogen and oxygen atoms in total. The Labute approximate surface area is 413 Å². The molecular weight excluding hydrogens is 1020 g/mol. The highest BCUT2D eigenvalue weighted by Gasteiger charge is 2.45. The van der Waals surface area contributed by atoms with Crippen LogP contribution in [-0.4, -0.2) is 99.7 Å². The van der Waals surface area contributed by atoms with E-state index in [9.17, 15) is 54.1 Å². The molecule has 0 unspecified atom stereocenters. The van der Waals surface area contributed by atoms with Crippen molar-refractivity contribution in [3.8, 4) is 11.9 Å². The number of benzene rings is 2. The van der Waals surface area contributed by atoms with Crippen LogP contribution in [0.1, 0.15) is 81.2 Å². The van der Waals surface area contributed by atoms with E-state index in [4.69, 9.17) is 10.5 Å². The first-order chi connectivity index (χ1) is 32.8. The highest BCUT2D eigenvalue weighted by molar-refractivity contribution is 7.94. The molecule has 2 aromatic carbocycles. The molecule has 0 saturated heterocycles. The lowest BCUT2D eigenvalue weighted by molar-refractivity contribution is -0.432. The Hall–Kier alpha value is -4.70.